The Morgan fingerprint density at radius 1 is 1.28 bits per heavy atom. The fraction of sp³-hybridized carbons (Fsp3) is 0.357. The first-order chi connectivity index (χ1) is 8.69. The lowest BCUT2D eigenvalue weighted by atomic mass is 10.1. The zero-order valence-electron chi connectivity index (χ0n) is 10.1. The Hall–Kier alpha value is -1.42. The standard InChI is InChI=1S/C14H18O4/c1-2-12(14(17)13(16)8-15)10-18-9-11-6-4-3-5-7-11/h3-7,13-17H,1,8-10H2/t13-,14-/m1/s1. The van der Waals surface area contributed by atoms with Crippen LogP contribution in [-0.4, -0.2) is 40.7 Å². The van der Waals surface area contributed by atoms with Crippen molar-refractivity contribution in [1.29, 1.82) is 0 Å². The molecule has 3 N–H and O–H groups in total. The average Bonchev–Trinajstić information content (AvgIpc) is 2.43. The maximum Gasteiger partial charge on any atom is 0.113 e. The summed E-state index contributed by atoms with van der Waals surface area (Å²) in [4.78, 5) is 0. The minimum atomic E-state index is -1.24. The largest absolute Gasteiger partial charge is 0.394 e. The van der Waals surface area contributed by atoms with Gasteiger partial charge in [0.15, 0.2) is 0 Å². The Balaban J connectivity index is 2.44. The van der Waals surface area contributed by atoms with Gasteiger partial charge in [0.2, 0.25) is 0 Å². The Labute approximate surface area is 106 Å². The average molecular weight is 250 g/mol. The van der Waals surface area contributed by atoms with Gasteiger partial charge in [-0.25, -0.2) is 0 Å². The molecule has 0 unspecified atom stereocenters. The van der Waals surface area contributed by atoms with Gasteiger partial charge in [-0.2, -0.15) is 0 Å². The van der Waals surface area contributed by atoms with Crippen molar-refractivity contribution in [2.45, 2.75) is 18.8 Å². The summed E-state index contributed by atoms with van der Waals surface area (Å²) >= 11 is 0. The van der Waals surface area contributed by atoms with Gasteiger partial charge < -0.3 is 20.1 Å². The van der Waals surface area contributed by atoms with E-state index < -0.39 is 18.8 Å². The van der Waals surface area contributed by atoms with Crippen LogP contribution < -0.4 is 0 Å². The SMILES string of the molecule is C=C=C(COCc1ccccc1)[C@@H](O)[C@H](O)CO. The molecule has 1 aromatic carbocycles. The van der Waals surface area contributed by atoms with Crippen molar-refractivity contribution in [1.82, 2.24) is 0 Å². The second kappa shape index (κ2) is 7.82. The van der Waals surface area contributed by atoms with Gasteiger partial charge in [0.05, 0.1) is 19.8 Å². The maximum atomic E-state index is 9.65. The molecule has 0 amide bonds. The molecule has 0 saturated heterocycles. The topological polar surface area (TPSA) is 69.9 Å². The monoisotopic (exact) mass is 250 g/mol. The van der Waals surface area contributed by atoms with Crippen LogP contribution in [0.2, 0.25) is 0 Å². The van der Waals surface area contributed by atoms with E-state index in [9.17, 15) is 10.2 Å². The van der Waals surface area contributed by atoms with E-state index >= 15 is 0 Å². The molecule has 18 heavy (non-hydrogen) atoms. The van der Waals surface area contributed by atoms with Crippen molar-refractivity contribution in [3.05, 3.63) is 53.8 Å². The molecule has 4 heteroatoms. The predicted octanol–water partition coefficient (Wildman–Crippen LogP) is 0.629. The highest BCUT2D eigenvalue weighted by molar-refractivity contribution is 5.14. The van der Waals surface area contributed by atoms with Crippen molar-refractivity contribution >= 4 is 0 Å². The van der Waals surface area contributed by atoms with E-state index in [0.29, 0.717) is 12.2 Å². The van der Waals surface area contributed by atoms with Crippen LogP contribution in [0.15, 0.2) is 48.2 Å². The van der Waals surface area contributed by atoms with Crippen LogP contribution in [-0.2, 0) is 11.3 Å². The van der Waals surface area contributed by atoms with Crippen LogP contribution in [0.25, 0.3) is 0 Å². The van der Waals surface area contributed by atoms with Crippen molar-refractivity contribution < 1.29 is 20.1 Å². The Morgan fingerprint density at radius 2 is 1.94 bits per heavy atom. The normalized spacial score (nSPS) is 13.7. The third-order valence-electron chi connectivity index (χ3n) is 2.50. The second-order valence-corrected chi connectivity index (χ2v) is 3.88. The van der Waals surface area contributed by atoms with E-state index in [0.717, 1.165) is 5.56 Å². The Bertz CT molecular complexity index is 396. The molecular weight excluding hydrogens is 232 g/mol. The first-order valence-electron chi connectivity index (χ1n) is 5.66. The lowest BCUT2D eigenvalue weighted by Crippen LogP contribution is -2.32. The second-order valence-electron chi connectivity index (χ2n) is 3.88. The molecule has 98 valence electrons. The molecule has 1 rings (SSSR count). The number of rotatable bonds is 7. The quantitative estimate of drug-likeness (QED) is 0.621. The van der Waals surface area contributed by atoms with Crippen molar-refractivity contribution in [2.24, 2.45) is 0 Å². The number of hydrogen-bond acceptors (Lipinski definition) is 4. The number of aliphatic hydroxyl groups excluding tert-OH is 3. The molecule has 0 saturated carbocycles. The first kappa shape index (κ1) is 14.6. The Kier molecular flexibility index (Phi) is 6.36. The number of ether oxygens (including phenoxy) is 1. The molecule has 0 radical (unpaired) electrons. The summed E-state index contributed by atoms with van der Waals surface area (Å²) in [5.74, 6) is 0. The lowest BCUT2D eigenvalue weighted by Gasteiger charge is -2.17. The van der Waals surface area contributed by atoms with Crippen LogP contribution >= 0.6 is 0 Å². The van der Waals surface area contributed by atoms with Crippen molar-refractivity contribution in [3.63, 3.8) is 0 Å². The zero-order valence-corrected chi connectivity index (χ0v) is 10.1. The summed E-state index contributed by atoms with van der Waals surface area (Å²) < 4.78 is 5.40. The summed E-state index contributed by atoms with van der Waals surface area (Å²) in [6.07, 6.45) is -2.45. The number of aliphatic hydroxyl groups is 3. The summed E-state index contributed by atoms with van der Waals surface area (Å²) in [6, 6.07) is 9.59. The predicted molar refractivity (Wildman–Crippen MR) is 67.9 cm³/mol. The molecule has 0 aliphatic rings. The van der Waals surface area contributed by atoms with E-state index in [1.165, 1.54) is 0 Å². The van der Waals surface area contributed by atoms with Gasteiger partial charge in [0, 0.05) is 5.57 Å². The summed E-state index contributed by atoms with van der Waals surface area (Å²) in [6.45, 7) is 3.41. The molecule has 0 aliphatic heterocycles. The van der Waals surface area contributed by atoms with Gasteiger partial charge in [0.1, 0.15) is 12.2 Å². The lowest BCUT2D eigenvalue weighted by molar-refractivity contribution is -0.00411. The minimum absolute atomic E-state index is 0.108. The smallest absolute Gasteiger partial charge is 0.113 e. The van der Waals surface area contributed by atoms with E-state index in [2.05, 4.69) is 12.3 Å². The van der Waals surface area contributed by atoms with Gasteiger partial charge in [-0.15, -0.1) is 5.73 Å². The Morgan fingerprint density at radius 3 is 2.50 bits per heavy atom. The number of benzene rings is 1. The summed E-state index contributed by atoms with van der Waals surface area (Å²) in [5, 5.41) is 27.7. The molecule has 0 bridgehead atoms. The fourth-order valence-electron chi connectivity index (χ4n) is 1.43. The summed E-state index contributed by atoms with van der Waals surface area (Å²) in [7, 11) is 0. The molecule has 0 aliphatic carbocycles. The van der Waals surface area contributed by atoms with Crippen LogP contribution in [0.5, 0.6) is 0 Å². The van der Waals surface area contributed by atoms with Crippen LogP contribution in [0.1, 0.15) is 5.56 Å². The maximum absolute atomic E-state index is 9.65. The minimum Gasteiger partial charge on any atom is -0.394 e. The van der Waals surface area contributed by atoms with Gasteiger partial charge in [0.25, 0.3) is 0 Å². The van der Waals surface area contributed by atoms with Crippen LogP contribution in [0, 0.1) is 0 Å². The van der Waals surface area contributed by atoms with Gasteiger partial charge >= 0.3 is 0 Å². The fourth-order valence-corrected chi connectivity index (χ4v) is 1.43. The van der Waals surface area contributed by atoms with Gasteiger partial charge in [-0.3, -0.25) is 0 Å². The molecule has 0 spiro atoms. The highest BCUT2D eigenvalue weighted by Gasteiger charge is 2.19. The van der Waals surface area contributed by atoms with Gasteiger partial charge in [-0.1, -0.05) is 36.9 Å². The first-order valence-corrected chi connectivity index (χ1v) is 5.66. The zero-order chi connectivity index (χ0) is 13.4. The third kappa shape index (κ3) is 4.45. The van der Waals surface area contributed by atoms with Crippen LogP contribution in [0.3, 0.4) is 0 Å². The van der Waals surface area contributed by atoms with E-state index in [-0.39, 0.29) is 6.61 Å². The molecule has 2 atom stereocenters. The molecule has 1 aromatic rings. The highest BCUT2D eigenvalue weighted by atomic mass is 16.5. The molecule has 4 nitrogen and oxygen atoms in total. The van der Waals surface area contributed by atoms with Crippen molar-refractivity contribution in [3.8, 4) is 0 Å². The van der Waals surface area contributed by atoms with E-state index in [1.54, 1.807) is 0 Å². The molecule has 0 aromatic heterocycles. The highest BCUT2D eigenvalue weighted by Crippen LogP contribution is 2.08. The van der Waals surface area contributed by atoms with E-state index in [4.69, 9.17) is 9.84 Å². The third-order valence-corrected chi connectivity index (χ3v) is 2.50. The summed E-state index contributed by atoms with van der Waals surface area (Å²) in [5.41, 5.74) is 3.86. The molecule has 0 heterocycles. The van der Waals surface area contributed by atoms with E-state index in [1.807, 2.05) is 30.3 Å². The number of hydrogen-bond donors (Lipinski definition) is 3. The van der Waals surface area contributed by atoms with Gasteiger partial charge in [-0.05, 0) is 5.56 Å². The molecule has 0 fully saturated rings. The van der Waals surface area contributed by atoms with Crippen molar-refractivity contribution in [2.75, 3.05) is 13.2 Å². The molecular formula is C14H18O4. The van der Waals surface area contributed by atoms with Crippen LogP contribution in [0.4, 0.5) is 0 Å².